The number of ether oxygens (including phenoxy) is 2. The van der Waals surface area contributed by atoms with Crippen molar-refractivity contribution in [2.24, 2.45) is 0 Å². The van der Waals surface area contributed by atoms with E-state index in [1.54, 1.807) is 0 Å². The molecule has 0 bridgehead atoms. The second kappa shape index (κ2) is 5.93. The van der Waals surface area contributed by atoms with E-state index < -0.39 is 6.10 Å². The Labute approximate surface area is 115 Å². The van der Waals surface area contributed by atoms with E-state index in [9.17, 15) is 5.11 Å². The van der Waals surface area contributed by atoms with Crippen molar-refractivity contribution < 1.29 is 14.6 Å². The van der Waals surface area contributed by atoms with E-state index in [2.05, 4.69) is 13.8 Å². The number of benzene rings is 1. The molecule has 19 heavy (non-hydrogen) atoms. The van der Waals surface area contributed by atoms with Crippen LogP contribution in [0.4, 0.5) is 0 Å². The minimum absolute atomic E-state index is 0.0313. The van der Waals surface area contributed by atoms with Crippen molar-refractivity contribution in [3.63, 3.8) is 0 Å². The highest BCUT2D eigenvalue weighted by Gasteiger charge is 2.32. The molecule has 0 aliphatic carbocycles. The lowest BCUT2D eigenvalue weighted by molar-refractivity contribution is -0.0330. The average Bonchev–Trinajstić information content (AvgIpc) is 2.75. The molecule has 106 valence electrons. The molecule has 1 heterocycles. The Balaban J connectivity index is 1.96. The number of aliphatic hydroxyl groups is 1. The summed E-state index contributed by atoms with van der Waals surface area (Å²) in [6.07, 6.45) is 2.48. The predicted molar refractivity (Wildman–Crippen MR) is 75.4 cm³/mol. The van der Waals surface area contributed by atoms with Crippen LogP contribution < -0.4 is 4.74 Å². The van der Waals surface area contributed by atoms with Gasteiger partial charge in [-0.25, -0.2) is 0 Å². The summed E-state index contributed by atoms with van der Waals surface area (Å²) in [5.74, 6) is 0.769. The van der Waals surface area contributed by atoms with Crippen LogP contribution in [0.15, 0.2) is 24.3 Å². The van der Waals surface area contributed by atoms with Crippen molar-refractivity contribution >= 4 is 0 Å². The van der Waals surface area contributed by atoms with Gasteiger partial charge in [0.25, 0.3) is 0 Å². The van der Waals surface area contributed by atoms with E-state index >= 15 is 0 Å². The normalized spacial score (nSPS) is 23.3. The second-order valence-electron chi connectivity index (χ2n) is 5.81. The zero-order chi connectivity index (χ0) is 13.9. The van der Waals surface area contributed by atoms with Crippen LogP contribution in [0.3, 0.4) is 0 Å². The molecular formula is C16H24O3. The molecule has 1 unspecified atom stereocenters. The van der Waals surface area contributed by atoms with Gasteiger partial charge in [-0.05, 0) is 39.2 Å². The summed E-state index contributed by atoms with van der Waals surface area (Å²) >= 11 is 0. The summed E-state index contributed by atoms with van der Waals surface area (Å²) in [5, 5.41) is 9.97. The lowest BCUT2D eigenvalue weighted by Crippen LogP contribution is -2.24. The molecule has 1 aromatic carbocycles. The van der Waals surface area contributed by atoms with E-state index in [-0.39, 0.29) is 11.7 Å². The highest BCUT2D eigenvalue weighted by Crippen LogP contribution is 2.31. The molecule has 1 fully saturated rings. The third-order valence-electron chi connectivity index (χ3n) is 3.64. The van der Waals surface area contributed by atoms with Gasteiger partial charge in [0.15, 0.2) is 0 Å². The Bertz CT molecular complexity index is 414. The molecule has 0 aromatic heterocycles. The maximum atomic E-state index is 9.97. The van der Waals surface area contributed by atoms with Gasteiger partial charge in [-0.1, -0.05) is 25.1 Å². The number of aliphatic hydroxyl groups excluding tert-OH is 1. The monoisotopic (exact) mass is 264 g/mol. The molecular weight excluding hydrogens is 240 g/mol. The van der Waals surface area contributed by atoms with E-state index in [0.29, 0.717) is 13.0 Å². The summed E-state index contributed by atoms with van der Waals surface area (Å²) < 4.78 is 11.8. The van der Waals surface area contributed by atoms with Crippen LogP contribution in [0.25, 0.3) is 0 Å². The molecule has 1 N–H and O–H groups in total. The maximum Gasteiger partial charge on any atom is 0.125 e. The zero-order valence-corrected chi connectivity index (χ0v) is 12.1. The quantitative estimate of drug-likeness (QED) is 0.885. The van der Waals surface area contributed by atoms with Gasteiger partial charge < -0.3 is 14.6 Å². The Morgan fingerprint density at radius 3 is 2.79 bits per heavy atom. The standard InChI is InChI=1S/C16H24O3/c1-4-14(17)13-7-5-6-8-15(13)18-11-12-9-10-16(2,3)19-12/h5-8,12,14,17H,4,9-11H2,1-3H3/t12?,14-/m0/s1. The van der Waals surface area contributed by atoms with Crippen LogP contribution in [0.5, 0.6) is 5.75 Å². The number of rotatable bonds is 5. The number of para-hydroxylation sites is 1. The van der Waals surface area contributed by atoms with Crippen LogP contribution in [-0.2, 0) is 4.74 Å². The van der Waals surface area contributed by atoms with E-state index in [4.69, 9.17) is 9.47 Å². The molecule has 1 aromatic rings. The summed E-state index contributed by atoms with van der Waals surface area (Å²) in [7, 11) is 0. The topological polar surface area (TPSA) is 38.7 Å². The SMILES string of the molecule is CC[C@H](O)c1ccccc1OCC1CCC(C)(C)O1. The molecule has 0 amide bonds. The summed E-state index contributed by atoms with van der Waals surface area (Å²) in [6, 6.07) is 7.69. The van der Waals surface area contributed by atoms with Crippen LogP contribution >= 0.6 is 0 Å². The summed E-state index contributed by atoms with van der Waals surface area (Å²) in [6.45, 7) is 6.74. The molecule has 3 heteroatoms. The summed E-state index contributed by atoms with van der Waals surface area (Å²) in [4.78, 5) is 0. The third kappa shape index (κ3) is 3.71. The fourth-order valence-corrected chi connectivity index (χ4v) is 2.48. The van der Waals surface area contributed by atoms with Gasteiger partial charge in [-0.15, -0.1) is 0 Å². The van der Waals surface area contributed by atoms with Gasteiger partial charge in [0.2, 0.25) is 0 Å². The smallest absolute Gasteiger partial charge is 0.125 e. The molecule has 2 rings (SSSR count). The fraction of sp³-hybridized carbons (Fsp3) is 0.625. The van der Waals surface area contributed by atoms with Gasteiger partial charge in [0.05, 0.1) is 17.8 Å². The molecule has 0 saturated carbocycles. The first-order valence-electron chi connectivity index (χ1n) is 7.09. The van der Waals surface area contributed by atoms with Crippen molar-refractivity contribution in [3.8, 4) is 5.75 Å². The van der Waals surface area contributed by atoms with Gasteiger partial charge in [-0.2, -0.15) is 0 Å². The van der Waals surface area contributed by atoms with Crippen molar-refractivity contribution in [3.05, 3.63) is 29.8 Å². The van der Waals surface area contributed by atoms with E-state index in [1.807, 2.05) is 31.2 Å². The number of hydrogen-bond donors (Lipinski definition) is 1. The van der Waals surface area contributed by atoms with Crippen LogP contribution in [0.1, 0.15) is 51.7 Å². The molecule has 1 aliphatic heterocycles. The van der Waals surface area contributed by atoms with Gasteiger partial charge >= 0.3 is 0 Å². The number of hydrogen-bond acceptors (Lipinski definition) is 3. The van der Waals surface area contributed by atoms with Crippen LogP contribution in [0, 0.1) is 0 Å². The minimum atomic E-state index is -0.461. The third-order valence-corrected chi connectivity index (χ3v) is 3.64. The molecule has 0 spiro atoms. The van der Waals surface area contributed by atoms with Gasteiger partial charge in [-0.3, -0.25) is 0 Å². The van der Waals surface area contributed by atoms with Crippen LogP contribution in [-0.4, -0.2) is 23.4 Å². The Morgan fingerprint density at radius 2 is 2.16 bits per heavy atom. The Hall–Kier alpha value is -1.06. The highest BCUT2D eigenvalue weighted by atomic mass is 16.6. The molecule has 1 saturated heterocycles. The van der Waals surface area contributed by atoms with Crippen molar-refractivity contribution in [2.75, 3.05) is 6.61 Å². The van der Waals surface area contributed by atoms with E-state index in [1.165, 1.54) is 0 Å². The molecule has 2 atom stereocenters. The first-order valence-corrected chi connectivity index (χ1v) is 7.09. The summed E-state index contributed by atoms with van der Waals surface area (Å²) in [5.41, 5.74) is 0.832. The van der Waals surface area contributed by atoms with Gasteiger partial charge in [0.1, 0.15) is 12.4 Å². The highest BCUT2D eigenvalue weighted by molar-refractivity contribution is 5.35. The first kappa shape index (κ1) is 14.4. The van der Waals surface area contributed by atoms with Gasteiger partial charge in [0, 0.05) is 5.56 Å². The van der Waals surface area contributed by atoms with E-state index in [0.717, 1.165) is 24.2 Å². The van der Waals surface area contributed by atoms with Crippen LogP contribution in [0.2, 0.25) is 0 Å². The van der Waals surface area contributed by atoms with Crippen molar-refractivity contribution in [1.29, 1.82) is 0 Å². The lowest BCUT2D eigenvalue weighted by atomic mass is 10.1. The molecule has 1 aliphatic rings. The largest absolute Gasteiger partial charge is 0.490 e. The second-order valence-corrected chi connectivity index (χ2v) is 5.81. The zero-order valence-electron chi connectivity index (χ0n) is 12.1. The fourth-order valence-electron chi connectivity index (χ4n) is 2.48. The Kier molecular flexibility index (Phi) is 4.48. The van der Waals surface area contributed by atoms with Crippen molar-refractivity contribution in [1.82, 2.24) is 0 Å². The lowest BCUT2D eigenvalue weighted by Gasteiger charge is -2.20. The average molecular weight is 264 g/mol. The molecule has 3 nitrogen and oxygen atoms in total. The Morgan fingerprint density at radius 1 is 1.42 bits per heavy atom. The first-order chi connectivity index (χ1) is 9.02. The minimum Gasteiger partial charge on any atom is -0.490 e. The maximum absolute atomic E-state index is 9.97. The molecule has 0 radical (unpaired) electrons. The van der Waals surface area contributed by atoms with Crippen molar-refractivity contribution in [2.45, 2.75) is 57.8 Å². The predicted octanol–water partition coefficient (Wildman–Crippen LogP) is 3.47.